The van der Waals surface area contributed by atoms with Crippen molar-refractivity contribution in [3.8, 4) is 0 Å². The normalized spacial score (nSPS) is 15.2. The SMILES string of the molecule is O=S(=O)(c1cc(F)cc(F)c1)N1CCCn2ncnc21. The van der Waals surface area contributed by atoms with Gasteiger partial charge in [-0.2, -0.15) is 10.1 Å². The van der Waals surface area contributed by atoms with Crippen LogP contribution in [0.2, 0.25) is 0 Å². The molecule has 106 valence electrons. The minimum absolute atomic E-state index is 0.154. The predicted molar refractivity (Wildman–Crippen MR) is 65.5 cm³/mol. The third-order valence-electron chi connectivity index (χ3n) is 2.97. The van der Waals surface area contributed by atoms with E-state index in [9.17, 15) is 17.2 Å². The summed E-state index contributed by atoms with van der Waals surface area (Å²) in [4.78, 5) is 3.45. The largest absolute Gasteiger partial charge is 0.266 e. The number of nitrogens with zero attached hydrogens (tertiary/aromatic N) is 4. The van der Waals surface area contributed by atoms with Gasteiger partial charge in [-0.1, -0.05) is 0 Å². The van der Waals surface area contributed by atoms with Crippen molar-refractivity contribution in [2.24, 2.45) is 0 Å². The summed E-state index contributed by atoms with van der Waals surface area (Å²) in [7, 11) is -4.06. The van der Waals surface area contributed by atoms with E-state index in [1.165, 1.54) is 11.0 Å². The molecule has 3 rings (SSSR count). The Hall–Kier alpha value is -2.03. The van der Waals surface area contributed by atoms with Crippen LogP contribution in [0.1, 0.15) is 6.42 Å². The van der Waals surface area contributed by atoms with Gasteiger partial charge in [0.15, 0.2) is 0 Å². The van der Waals surface area contributed by atoms with Crippen molar-refractivity contribution in [3.63, 3.8) is 0 Å². The topological polar surface area (TPSA) is 68.1 Å². The van der Waals surface area contributed by atoms with Crippen molar-refractivity contribution in [1.82, 2.24) is 14.8 Å². The first-order valence-electron chi connectivity index (χ1n) is 5.85. The summed E-state index contributed by atoms with van der Waals surface area (Å²) in [6.45, 7) is 0.748. The summed E-state index contributed by atoms with van der Waals surface area (Å²) >= 11 is 0. The Morgan fingerprint density at radius 3 is 2.50 bits per heavy atom. The van der Waals surface area contributed by atoms with Crippen molar-refractivity contribution in [3.05, 3.63) is 36.2 Å². The predicted octanol–water partition coefficient (Wildman–Crippen LogP) is 1.16. The van der Waals surface area contributed by atoms with Crippen LogP contribution in [0.3, 0.4) is 0 Å². The molecule has 0 N–H and O–H groups in total. The van der Waals surface area contributed by atoms with E-state index in [1.807, 2.05) is 0 Å². The molecule has 1 aliphatic heterocycles. The number of halogens is 2. The molecule has 0 fully saturated rings. The third kappa shape index (κ3) is 2.03. The number of aromatic nitrogens is 3. The molecule has 6 nitrogen and oxygen atoms in total. The van der Waals surface area contributed by atoms with Gasteiger partial charge in [-0.05, 0) is 18.6 Å². The van der Waals surface area contributed by atoms with Crippen LogP contribution in [0.25, 0.3) is 0 Å². The van der Waals surface area contributed by atoms with Crippen molar-refractivity contribution in [2.75, 3.05) is 10.8 Å². The second-order valence-electron chi connectivity index (χ2n) is 4.32. The maximum atomic E-state index is 13.2. The van der Waals surface area contributed by atoms with Crippen LogP contribution in [0.4, 0.5) is 14.7 Å². The van der Waals surface area contributed by atoms with Gasteiger partial charge < -0.3 is 0 Å². The molecule has 2 heterocycles. The number of rotatable bonds is 2. The van der Waals surface area contributed by atoms with Gasteiger partial charge in [-0.15, -0.1) is 0 Å². The fourth-order valence-corrected chi connectivity index (χ4v) is 3.61. The number of sulfonamides is 1. The van der Waals surface area contributed by atoms with E-state index < -0.39 is 26.6 Å². The van der Waals surface area contributed by atoms with Crippen molar-refractivity contribution >= 4 is 16.0 Å². The average Bonchev–Trinajstić information content (AvgIpc) is 2.85. The first kappa shape index (κ1) is 13.0. The zero-order valence-corrected chi connectivity index (χ0v) is 11.0. The molecule has 20 heavy (non-hydrogen) atoms. The lowest BCUT2D eigenvalue weighted by Gasteiger charge is -2.27. The molecule has 0 bridgehead atoms. The summed E-state index contributed by atoms with van der Waals surface area (Å²) in [6.07, 6.45) is 1.79. The molecular weight excluding hydrogens is 290 g/mol. The zero-order valence-electron chi connectivity index (χ0n) is 10.2. The molecule has 1 aliphatic rings. The molecule has 1 aromatic carbocycles. The van der Waals surface area contributed by atoms with Gasteiger partial charge in [-0.3, -0.25) is 0 Å². The molecule has 2 aromatic rings. The summed E-state index contributed by atoms with van der Waals surface area (Å²) in [6, 6.07) is 2.19. The van der Waals surface area contributed by atoms with E-state index >= 15 is 0 Å². The molecule has 0 saturated carbocycles. The minimum atomic E-state index is -4.06. The number of aryl methyl sites for hydroxylation is 1. The van der Waals surface area contributed by atoms with Gasteiger partial charge >= 0.3 is 0 Å². The summed E-state index contributed by atoms with van der Waals surface area (Å²) in [5.41, 5.74) is 0. The minimum Gasteiger partial charge on any atom is -0.234 e. The Labute approximate surface area is 113 Å². The van der Waals surface area contributed by atoms with Gasteiger partial charge in [0.1, 0.15) is 18.0 Å². The Morgan fingerprint density at radius 2 is 1.80 bits per heavy atom. The highest BCUT2D eigenvalue weighted by Crippen LogP contribution is 2.26. The second kappa shape index (κ2) is 4.51. The fraction of sp³-hybridized carbons (Fsp3) is 0.273. The molecule has 9 heteroatoms. The van der Waals surface area contributed by atoms with Gasteiger partial charge in [0.2, 0.25) is 5.95 Å². The van der Waals surface area contributed by atoms with Crippen LogP contribution < -0.4 is 4.31 Å². The van der Waals surface area contributed by atoms with Crippen molar-refractivity contribution in [2.45, 2.75) is 17.9 Å². The number of hydrogen-bond donors (Lipinski definition) is 0. The maximum Gasteiger partial charge on any atom is 0.266 e. The Balaban J connectivity index is 2.10. The lowest BCUT2D eigenvalue weighted by molar-refractivity contribution is 0.527. The molecule has 0 saturated heterocycles. The lowest BCUT2D eigenvalue weighted by atomic mass is 10.3. The van der Waals surface area contributed by atoms with Gasteiger partial charge in [0.05, 0.1) is 4.90 Å². The summed E-state index contributed by atoms with van der Waals surface area (Å²) < 4.78 is 53.8. The number of hydrogen-bond acceptors (Lipinski definition) is 4. The first-order chi connectivity index (χ1) is 9.48. The number of benzene rings is 1. The molecule has 0 atom stereocenters. The molecule has 0 spiro atoms. The Bertz CT molecular complexity index is 739. The summed E-state index contributed by atoms with van der Waals surface area (Å²) in [5.74, 6) is -1.73. The summed E-state index contributed by atoms with van der Waals surface area (Å²) in [5, 5.41) is 3.90. The maximum absolute atomic E-state index is 13.2. The van der Waals surface area contributed by atoms with Crippen molar-refractivity contribution in [1.29, 1.82) is 0 Å². The van der Waals surface area contributed by atoms with E-state index in [-0.39, 0.29) is 12.5 Å². The lowest BCUT2D eigenvalue weighted by Crippen LogP contribution is -2.38. The second-order valence-corrected chi connectivity index (χ2v) is 6.18. The van der Waals surface area contributed by atoms with Gasteiger partial charge in [0, 0.05) is 19.2 Å². The van der Waals surface area contributed by atoms with E-state index in [2.05, 4.69) is 10.1 Å². The molecule has 1 aromatic heterocycles. The highest BCUT2D eigenvalue weighted by molar-refractivity contribution is 7.92. The highest BCUT2D eigenvalue weighted by Gasteiger charge is 2.31. The van der Waals surface area contributed by atoms with E-state index in [0.717, 1.165) is 16.4 Å². The standard InChI is InChI=1S/C11H10F2N4O2S/c12-8-4-9(13)6-10(5-8)20(18,19)17-3-1-2-16-11(17)14-7-15-16/h4-7H,1-3H2. The monoisotopic (exact) mass is 300 g/mol. The molecule has 0 amide bonds. The van der Waals surface area contributed by atoms with Crippen LogP contribution in [-0.2, 0) is 16.6 Å². The van der Waals surface area contributed by atoms with Gasteiger partial charge in [-0.25, -0.2) is 26.2 Å². The van der Waals surface area contributed by atoms with Crippen LogP contribution in [-0.4, -0.2) is 29.7 Å². The zero-order chi connectivity index (χ0) is 14.3. The third-order valence-corrected chi connectivity index (χ3v) is 4.73. The molecule has 0 aliphatic carbocycles. The average molecular weight is 300 g/mol. The van der Waals surface area contributed by atoms with Crippen LogP contribution in [0.5, 0.6) is 0 Å². The smallest absolute Gasteiger partial charge is 0.234 e. The van der Waals surface area contributed by atoms with Crippen LogP contribution in [0, 0.1) is 11.6 Å². The molecule has 0 unspecified atom stereocenters. The number of anilines is 1. The van der Waals surface area contributed by atoms with E-state index in [4.69, 9.17) is 0 Å². The Morgan fingerprint density at radius 1 is 1.10 bits per heavy atom. The highest BCUT2D eigenvalue weighted by atomic mass is 32.2. The Kier molecular flexibility index (Phi) is 2.93. The van der Waals surface area contributed by atoms with Gasteiger partial charge in [0.25, 0.3) is 10.0 Å². The quantitative estimate of drug-likeness (QED) is 0.834. The van der Waals surface area contributed by atoms with E-state index in [0.29, 0.717) is 19.0 Å². The first-order valence-corrected chi connectivity index (χ1v) is 7.29. The van der Waals surface area contributed by atoms with E-state index in [1.54, 1.807) is 0 Å². The molecular formula is C11H10F2N4O2S. The van der Waals surface area contributed by atoms with Crippen LogP contribution >= 0.6 is 0 Å². The molecule has 0 radical (unpaired) electrons. The number of fused-ring (bicyclic) bond motifs is 1. The fourth-order valence-electron chi connectivity index (χ4n) is 2.11. The van der Waals surface area contributed by atoms with Crippen molar-refractivity contribution < 1.29 is 17.2 Å². The van der Waals surface area contributed by atoms with Crippen LogP contribution in [0.15, 0.2) is 29.4 Å².